The summed E-state index contributed by atoms with van der Waals surface area (Å²) >= 11 is 4.70. The van der Waals surface area contributed by atoms with Gasteiger partial charge in [-0.3, -0.25) is 0 Å². The minimum Gasteiger partial charge on any atom is -0.486 e. The highest BCUT2D eigenvalue weighted by molar-refractivity contribution is 7.80. The summed E-state index contributed by atoms with van der Waals surface area (Å²) in [7, 11) is 0. The first-order valence-electron chi connectivity index (χ1n) is 5.18. The molecule has 0 heterocycles. The van der Waals surface area contributed by atoms with Crippen LogP contribution >= 0.6 is 12.2 Å². The number of carbonyl (C=O) groups excluding carboxylic acids is 1. The minimum atomic E-state index is -0.251. The number of benzene rings is 1. The van der Waals surface area contributed by atoms with Crippen molar-refractivity contribution in [2.75, 3.05) is 18.5 Å². The maximum Gasteiger partial charge on any atom is 0.319 e. The summed E-state index contributed by atoms with van der Waals surface area (Å²) in [5.41, 5.74) is 5.97. The van der Waals surface area contributed by atoms with E-state index in [0.29, 0.717) is 18.0 Å². The number of nitrogens with two attached hydrogens (primary N) is 1. The summed E-state index contributed by atoms with van der Waals surface area (Å²) in [6, 6.07) is 6.76. The van der Waals surface area contributed by atoms with Crippen LogP contribution in [0, 0.1) is 0 Å². The van der Waals surface area contributed by atoms with Gasteiger partial charge in [-0.2, -0.15) is 0 Å². The van der Waals surface area contributed by atoms with Crippen molar-refractivity contribution in [3.8, 4) is 5.75 Å². The van der Waals surface area contributed by atoms with Gasteiger partial charge in [0.25, 0.3) is 0 Å². The zero-order valence-electron chi connectivity index (χ0n) is 9.53. The van der Waals surface area contributed by atoms with Gasteiger partial charge in [0.15, 0.2) is 0 Å². The number of carbonyl (C=O) groups is 1. The number of hydrogen-bond acceptors (Lipinski definition) is 3. The Hall–Kier alpha value is -1.82. The van der Waals surface area contributed by atoms with Crippen LogP contribution in [-0.2, 0) is 0 Å². The normalized spacial score (nSPS) is 9.47. The average molecular weight is 253 g/mol. The molecule has 0 fully saturated rings. The summed E-state index contributed by atoms with van der Waals surface area (Å²) in [4.78, 5) is 11.6. The van der Waals surface area contributed by atoms with Crippen LogP contribution in [0.25, 0.3) is 0 Å². The summed E-state index contributed by atoms with van der Waals surface area (Å²) < 4.78 is 5.31. The van der Waals surface area contributed by atoms with E-state index in [1.807, 2.05) is 6.92 Å². The molecule has 0 atom stereocenters. The van der Waals surface area contributed by atoms with Gasteiger partial charge in [-0.15, -0.1) is 0 Å². The smallest absolute Gasteiger partial charge is 0.319 e. The molecular formula is C11H15N3O2S. The van der Waals surface area contributed by atoms with Gasteiger partial charge in [-0.05, 0) is 19.1 Å². The number of amides is 2. The minimum absolute atomic E-state index is 0.180. The van der Waals surface area contributed by atoms with Crippen LogP contribution in [-0.4, -0.2) is 24.2 Å². The summed E-state index contributed by atoms with van der Waals surface area (Å²) in [5.74, 6) is 0.604. The lowest BCUT2D eigenvalue weighted by Crippen LogP contribution is -2.28. The van der Waals surface area contributed by atoms with Gasteiger partial charge in [0.05, 0.1) is 0 Å². The third-order valence-electron chi connectivity index (χ3n) is 1.81. The molecule has 0 spiro atoms. The number of anilines is 1. The molecule has 0 aromatic heterocycles. The van der Waals surface area contributed by atoms with Crippen molar-refractivity contribution in [2.45, 2.75) is 6.92 Å². The maximum absolute atomic E-state index is 11.3. The Morgan fingerprint density at radius 1 is 1.53 bits per heavy atom. The first kappa shape index (κ1) is 13.2. The van der Waals surface area contributed by atoms with Crippen molar-refractivity contribution < 1.29 is 9.53 Å². The second-order valence-corrected chi connectivity index (χ2v) is 3.79. The summed E-state index contributed by atoms with van der Waals surface area (Å²) in [6.45, 7) is 2.60. The Morgan fingerprint density at radius 3 is 2.94 bits per heavy atom. The fourth-order valence-corrected chi connectivity index (χ4v) is 1.21. The molecule has 0 bridgehead atoms. The molecule has 17 heavy (non-hydrogen) atoms. The third-order valence-corrected chi connectivity index (χ3v) is 1.93. The predicted molar refractivity (Wildman–Crippen MR) is 71.4 cm³/mol. The van der Waals surface area contributed by atoms with Crippen molar-refractivity contribution in [2.24, 2.45) is 5.73 Å². The standard InChI is InChI=1S/C11H15N3O2S/c1-2-13-11(15)14-8-4-3-5-9(6-8)16-7-10(12)17/h3-6H,2,7H2,1H3,(H2,12,17)(H2,13,14,15). The predicted octanol–water partition coefficient (Wildman–Crippen LogP) is 1.49. The van der Waals surface area contributed by atoms with Crippen LogP contribution in [0.4, 0.5) is 10.5 Å². The van der Waals surface area contributed by atoms with Crippen LogP contribution < -0.4 is 21.1 Å². The fraction of sp³-hybridized carbons (Fsp3) is 0.273. The monoisotopic (exact) mass is 253 g/mol. The molecule has 6 heteroatoms. The van der Waals surface area contributed by atoms with E-state index in [1.54, 1.807) is 24.3 Å². The molecule has 0 saturated carbocycles. The third kappa shape index (κ3) is 5.17. The SMILES string of the molecule is CCNC(=O)Nc1cccc(OCC(N)=S)c1. The average Bonchev–Trinajstić information content (AvgIpc) is 2.27. The molecule has 1 aromatic carbocycles. The van der Waals surface area contributed by atoms with Crippen LogP contribution in [0.3, 0.4) is 0 Å². The Kier molecular flexibility index (Phi) is 5.22. The first-order chi connectivity index (χ1) is 8.11. The zero-order valence-corrected chi connectivity index (χ0v) is 10.3. The highest BCUT2D eigenvalue weighted by atomic mass is 32.1. The Balaban J connectivity index is 2.59. The Morgan fingerprint density at radius 2 is 2.29 bits per heavy atom. The van der Waals surface area contributed by atoms with Crippen LogP contribution in [0.5, 0.6) is 5.75 Å². The largest absolute Gasteiger partial charge is 0.486 e. The van der Waals surface area contributed by atoms with Crippen molar-refractivity contribution in [1.82, 2.24) is 5.32 Å². The quantitative estimate of drug-likeness (QED) is 0.695. The molecule has 92 valence electrons. The highest BCUT2D eigenvalue weighted by Gasteiger charge is 2.01. The van der Waals surface area contributed by atoms with Crippen molar-refractivity contribution in [1.29, 1.82) is 0 Å². The van der Waals surface area contributed by atoms with E-state index < -0.39 is 0 Å². The van der Waals surface area contributed by atoms with E-state index in [-0.39, 0.29) is 17.6 Å². The number of nitrogens with one attached hydrogen (secondary N) is 2. The van der Waals surface area contributed by atoms with Gasteiger partial charge >= 0.3 is 6.03 Å². The van der Waals surface area contributed by atoms with E-state index in [9.17, 15) is 4.79 Å². The number of hydrogen-bond donors (Lipinski definition) is 3. The van der Waals surface area contributed by atoms with Gasteiger partial charge in [0, 0.05) is 18.3 Å². The van der Waals surface area contributed by atoms with E-state index in [4.69, 9.17) is 22.7 Å². The number of urea groups is 1. The van der Waals surface area contributed by atoms with Crippen molar-refractivity contribution in [3.63, 3.8) is 0 Å². The number of rotatable bonds is 5. The second kappa shape index (κ2) is 6.70. The van der Waals surface area contributed by atoms with Crippen LogP contribution in [0.15, 0.2) is 24.3 Å². The van der Waals surface area contributed by atoms with Crippen LogP contribution in [0.2, 0.25) is 0 Å². The van der Waals surface area contributed by atoms with Crippen molar-refractivity contribution in [3.05, 3.63) is 24.3 Å². The van der Waals surface area contributed by atoms with E-state index in [0.717, 1.165) is 0 Å². The lowest BCUT2D eigenvalue weighted by atomic mass is 10.3. The molecule has 0 aliphatic carbocycles. The molecule has 1 aromatic rings. The first-order valence-corrected chi connectivity index (χ1v) is 5.58. The lowest BCUT2D eigenvalue weighted by molar-refractivity contribution is 0.252. The molecule has 0 radical (unpaired) electrons. The van der Waals surface area contributed by atoms with Gasteiger partial charge in [0.1, 0.15) is 17.3 Å². The van der Waals surface area contributed by atoms with Gasteiger partial charge in [-0.1, -0.05) is 18.3 Å². The van der Waals surface area contributed by atoms with E-state index >= 15 is 0 Å². The fourth-order valence-electron chi connectivity index (χ4n) is 1.15. The highest BCUT2D eigenvalue weighted by Crippen LogP contribution is 2.17. The molecule has 4 N–H and O–H groups in total. The molecular weight excluding hydrogens is 238 g/mol. The molecule has 0 aliphatic rings. The van der Waals surface area contributed by atoms with Crippen molar-refractivity contribution >= 4 is 28.9 Å². The van der Waals surface area contributed by atoms with E-state index in [2.05, 4.69) is 10.6 Å². The number of thiocarbonyl (C=S) groups is 1. The van der Waals surface area contributed by atoms with Crippen LogP contribution in [0.1, 0.15) is 6.92 Å². The molecule has 0 unspecified atom stereocenters. The molecule has 1 rings (SSSR count). The summed E-state index contributed by atoms with van der Waals surface area (Å²) in [6.07, 6.45) is 0. The molecule has 5 nitrogen and oxygen atoms in total. The lowest BCUT2D eigenvalue weighted by Gasteiger charge is -2.08. The van der Waals surface area contributed by atoms with E-state index in [1.165, 1.54) is 0 Å². The van der Waals surface area contributed by atoms with Gasteiger partial charge < -0.3 is 21.1 Å². The second-order valence-electron chi connectivity index (χ2n) is 3.27. The molecule has 0 saturated heterocycles. The maximum atomic E-state index is 11.3. The number of ether oxygens (including phenoxy) is 1. The molecule has 0 aliphatic heterocycles. The Labute approximate surface area is 105 Å². The Bertz CT molecular complexity index is 409. The molecule has 2 amide bonds. The topological polar surface area (TPSA) is 76.4 Å². The zero-order chi connectivity index (χ0) is 12.7. The van der Waals surface area contributed by atoms with Gasteiger partial charge in [0.2, 0.25) is 0 Å². The van der Waals surface area contributed by atoms with Gasteiger partial charge in [-0.25, -0.2) is 4.79 Å². The summed E-state index contributed by atoms with van der Waals surface area (Å²) in [5, 5.41) is 5.31.